The van der Waals surface area contributed by atoms with Gasteiger partial charge >= 0.3 is 0 Å². The lowest BCUT2D eigenvalue weighted by Gasteiger charge is -2.17. The van der Waals surface area contributed by atoms with Crippen molar-refractivity contribution in [2.75, 3.05) is 13.1 Å². The summed E-state index contributed by atoms with van der Waals surface area (Å²) in [5, 5.41) is 3.44. The zero-order valence-corrected chi connectivity index (χ0v) is 11.3. The van der Waals surface area contributed by atoms with Crippen molar-refractivity contribution in [2.45, 2.75) is 25.7 Å². The van der Waals surface area contributed by atoms with Gasteiger partial charge in [-0.3, -0.25) is 0 Å². The van der Waals surface area contributed by atoms with Crippen LogP contribution in [0.15, 0.2) is 61.3 Å². The number of rotatable bonds is 6. The first-order valence-electron chi connectivity index (χ1n) is 6.74. The molecule has 18 heavy (non-hydrogen) atoms. The molecule has 1 unspecified atom stereocenters. The lowest BCUT2D eigenvalue weighted by atomic mass is 9.88. The summed E-state index contributed by atoms with van der Waals surface area (Å²) in [6, 6.07) is 0. The normalized spacial score (nSPS) is 21.9. The van der Waals surface area contributed by atoms with Gasteiger partial charge in [-0.1, -0.05) is 54.7 Å². The first-order chi connectivity index (χ1) is 8.77. The van der Waals surface area contributed by atoms with Crippen molar-refractivity contribution in [3.05, 3.63) is 61.3 Å². The molecule has 0 spiro atoms. The molecule has 1 heterocycles. The van der Waals surface area contributed by atoms with E-state index in [0.29, 0.717) is 5.92 Å². The Morgan fingerprint density at radius 3 is 2.83 bits per heavy atom. The van der Waals surface area contributed by atoms with Gasteiger partial charge in [0.05, 0.1) is 0 Å². The van der Waals surface area contributed by atoms with Crippen LogP contribution < -0.4 is 5.32 Å². The summed E-state index contributed by atoms with van der Waals surface area (Å²) in [6.45, 7) is 13.9. The molecule has 0 saturated carbocycles. The van der Waals surface area contributed by atoms with Crippen LogP contribution in [-0.4, -0.2) is 13.1 Å². The van der Waals surface area contributed by atoms with E-state index in [-0.39, 0.29) is 0 Å². The largest absolute Gasteiger partial charge is 0.316 e. The van der Waals surface area contributed by atoms with E-state index in [1.54, 1.807) is 6.08 Å². The molecule has 1 N–H and O–H groups in total. The number of nitrogens with one attached hydrogen (secondary N) is 1. The minimum atomic E-state index is 0.614. The molecule has 1 heteroatoms. The van der Waals surface area contributed by atoms with Crippen molar-refractivity contribution < 1.29 is 0 Å². The maximum Gasteiger partial charge on any atom is -0.00116 e. The molecule has 98 valence electrons. The van der Waals surface area contributed by atoms with Crippen molar-refractivity contribution in [2.24, 2.45) is 5.92 Å². The van der Waals surface area contributed by atoms with E-state index in [1.807, 2.05) is 12.2 Å². The number of hydrogen-bond donors (Lipinski definition) is 1. The molecule has 1 saturated heterocycles. The van der Waals surface area contributed by atoms with E-state index in [4.69, 9.17) is 0 Å². The SMILES string of the molecule is C=CC=CC=C(CC=C)CC1CCNCCC1=C. The van der Waals surface area contributed by atoms with Crippen LogP contribution in [0.4, 0.5) is 0 Å². The Hall–Kier alpha value is -1.34. The Morgan fingerprint density at radius 2 is 2.11 bits per heavy atom. The fourth-order valence-electron chi connectivity index (χ4n) is 2.30. The molecule has 1 aliphatic rings. The highest BCUT2D eigenvalue weighted by Crippen LogP contribution is 2.27. The first kappa shape index (κ1) is 14.7. The average molecular weight is 243 g/mol. The highest BCUT2D eigenvalue weighted by atomic mass is 14.8. The molecular weight excluding hydrogens is 218 g/mol. The topological polar surface area (TPSA) is 12.0 Å². The van der Waals surface area contributed by atoms with E-state index in [1.165, 1.54) is 17.6 Å². The summed E-state index contributed by atoms with van der Waals surface area (Å²) < 4.78 is 0. The molecule has 0 aromatic carbocycles. The molecular formula is C17H25N. The predicted molar refractivity (Wildman–Crippen MR) is 81.6 cm³/mol. The maximum atomic E-state index is 4.24. The lowest BCUT2D eigenvalue weighted by Crippen LogP contribution is -2.14. The highest BCUT2D eigenvalue weighted by Gasteiger charge is 2.16. The second-order valence-electron chi connectivity index (χ2n) is 4.79. The summed E-state index contributed by atoms with van der Waals surface area (Å²) in [7, 11) is 0. The minimum Gasteiger partial charge on any atom is -0.316 e. The Kier molecular flexibility index (Phi) is 7.12. The number of allylic oxidation sites excluding steroid dienone is 6. The van der Waals surface area contributed by atoms with Gasteiger partial charge in [-0.15, -0.1) is 6.58 Å². The van der Waals surface area contributed by atoms with Gasteiger partial charge in [0.25, 0.3) is 0 Å². The van der Waals surface area contributed by atoms with Crippen molar-refractivity contribution >= 4 is 0 Å². The Bertz CT molecular complexity index is 347. The summed E-state index contributed by atoms with van der Waals surface area (Å²) >= 11 is 0. The van der Waals surface area contributed by atoms with Crippen molar-refractivity contribution in [1.29, 1.82) is 0 Å². The molecule has 0 aliphatic carbocycles. The van der Waals surface area contributed by atoms with Crippen LogP contribution in [-0.2, 0) is 0 Å². The van der Waals surface area contributed by atoms with Crippen molar-refractivity contribution in [3.8, 4) is 0 Å². The lowest BCUT2D eigenvalue weighted by molar-refractivity contribution is 0.554. The molecule has 1 nitrogen and oxygen atoms in total. The second-order valence-corrected chi connectivity index (χ2v) is 4.79. The summed E-state index contributed by atoms with van der Waals surface area (Å²) in [5.41, 5.74) is 2.82. The van der Waals surface area contributed by atoms with E-state index in [2.05, 4.69) is 37.2 Å². The van der Waals surface area contributed by atoms with Crippen LogP contribution in [0.5, 0.6) is 0 Å². The molecule has 0 bridgehead atoms. The van der Waals surface area contributed by atoms with Crippen molar-refractivity contribution in [1.82, 2.24) is 5.32 Å². The van der Waals surface area contributed by atoms with Crippen molar-refractivity contribution in [3.63, 3.8) is 0 Å². The van der Waals surface area contributed by atoms with E-state index >= 15 is 0 Å². The van der Waals surface area contributed by atoms with Gasteiger partial charge in [0.1, 0.15) is 0 Å². The van der Waals surface area contributed by atoms with Gasteiger partial charge in [0.2, 0.25) is 0 Å². The molecule has 0 amide bonds. The quantitative estimate of drug-likeness (QED) is 0.545. The molecule has 1 atom stereocenters. The van der Waals surface area contributed by atoms with Crippen LogP contribution in [0.25, 0.3) is 0 Å². The van der Waals surface area contributed by atoms with Crippen LogP contribution in [0.1, 0.15) is 25.7 Å². The third-order valence-corrected chi connectivity index (χ3v) is 3.36. The van der Waals surface area contributed by atoms with Crippen LogP contribution in [0.2, 0.25) is 0 Å². The summed E-state index contributed by atoms with van der Waals surface area (Å²) in [5.74, 6) is 0.614. The fraction of sp³-hybridized carbons (Fsp3) is 0.412. The zero-order chi connectivity index (χ0) is 13.2. The maximum absolute atomic E-state index is 4.24. The first-order valence-corrected chi connectivity index (χ1v) is 6.74. The molecule has 1 fully saturated rings. The van der Waals surface area contributed by atoms with E-state index < -0.39 is 0 Å². The van der Waals surface area contributed by atoms with Crippen LogP contribution >= 0.6 is 0 Å². The third kappa shape index (κ3) is 5.33. The standard InChI is InChI=1S/C17H25N/c1-4-6-7-9-16(8-5-2)14-17-11-13-18-12-10-15(17)3/h4-7,9,17-18H,1-3,8,10-14H2. The molecule has 0 aromatic rings. The smallest absolute Gasteiger partial charge is 0.00116 e. The average Bonchev–Trinajstić information content (AvgIpc) is 2.55. The molecule has 0 radical (unpaired) electrons. The molecule has 1 aliphatic heterocycles. The Morgan fingerprint density at radius 1 is 1.28 bits per heavy atom. The Labute approximate surface area is 112 Å². The summed E-state index contributed by atoms with van der Waals surface area (Å²) in [4.78, 5) is 0. The highest BCUT2D eigenvalue weighted by molar-refractivity contribution is 5.20. The molecule has 0 aromatic heterocycles. The summed E-state index contributed by atoms with van der Waals surface area (Å²) in [6.07, 6.45) is 14.4. The third-order valence-electron chi connectivity index (χ3n) is 3.36. The zero-order valence-electron chi connectivity index (χ0n) is 11.3. The van der Waals surface area contributed by atoms with Gasteiger partial charge in [0.15, 0.2) is 0 Å². The van der Waals surface area contributed by atoms with Crippen LogP contribution in [0.3, 0.4) is 0 Å². The van der Waals surface area contributed by atoms with E-state index in [0.717, 1.165) is 32.4 Å². The Balaban J connectivity index is 2.65. The van der Waals surface area contributed by atoms with Crippen LogP contribution in [0, 0.1) is 5.92 Å². The van der Waals surface area contributed by atoms with Gasteiger partial charge in [0, 0.05) is 0 Å². The van der Waals surface area contributed by atoms with Gasteiger partial charge in [-0.05, 0) is 44.7 Å². The second kappa shape index (κ2) is 8.71. The van der Waals surface area contributed by atoms with Gasteiger partial charge in [-0.2, -0.15) is 0 Å². The monoisotopic (exact) mass is 243 g/mol. The number of hydrogen-bond acceptors (Lipinski definition) is 1. The van der Waals surface area contributed by atoms with E-state index in [9.17, 15) is 0 Å². The minimum absolute atomic E-state index is 0.614. The predicted octanol–water partition coefficient (Wildman–Crippen LogP) is 4.18. The molecule has 1 rings (SSSR count). The van der Waals surface area contributed by atoms with Gasteiger partial charge in [-0.25, -0.2) is 0 Å². The fourth-order valence-corrected chi connectivity index (χ4v) is 2.30. The van der Waals surface area contributed by atoms with Gasteiger partial charge < -0.3 is 5.32 Å².